The van der Waals surface area contributed by atoms with Crippen LogP contribution in [0, 0.1) is 5.92 Å². The number of benzene rings is 1. The van der Waals surface area contributed by atoms with Crippen LogP contribution in [0.4, 0.5) is 0 Å². The first-order valence-electron chi connectivity index (χ1n) is 7.54. The standard InChI is InChI=1S/C17H25NO2/c1-13(2)11-18(16-9-10-16)17(19)14(3)20-12-15-7-5-4-6-8-15/h4-8,13-14,16H,9-12H2,1-3H3. The van der Waals surface area contributed by atoms with Gasteiger partial charge in [0.1, 0.15) is 6.10 Å². The molecule has 110 valence electrons. The maximum Gasteiger partial charge on any atom is 0.251 e. The Morgan fingerprint density at radius 1 is 1.25 bits per heavy atom. The third-order valence-corrected chi connectivity index (χ3v) is 3.52. The summed E-state index contributed by atoms with van der Waals surface area (Å²) in [7, 11) is 0. The van der Waals surface area contributed by atoms with Gasteiger partial charge in [0.15, 0.2) is 0 Å². The van der Waals surface area contributed by atoms with Gasteiger partial charge in [0, 0.05) is 12.6 Å². The van der Waals surface area contributed by atoms with Crippen LogP contribution in [0.3, 0.4) is 0 Å². The highest BCUT2D eigenvalue weighted by Crippen LogP contribution is 2.28. The first-order valence-corrected chi connectivity index (χ1v) is 7.54. The van der Waals surface area contributed by atoms with Gasteiger partial charge in [-0.15, -0.1) is 0 Å². The molecule has 3 nitrogen and oxygen atoms in total. The number of ether oxygens (including phenoxy) is 1. The van der Waals surface area contributed by atoms with E-state index in [0.29, 0.717) is 18.6 Å². The molecule has 0 aliphatic heterocycles. The van der Waals surface area contributed by atoms with Crippen molar-refractivity contribution in [1.29, 1.82) is 0 Å². The Kier molecular flexibility index (Phi) is 5.18. The molecule has 0 radical (unpaired) electrons. The van der Waals surface area contributed by atoms with Crippen molar-refractivity contribution in [2.75, 3.05) is 6.54 Å². The van der Waals surface area contributed by atoms with E-state index >= 15 is 0 Å². The van der Waals surface area contributed by atoms with Crippen molar-refractivity contribution in [3.05, 3.63) is 35.9 Å². The average molecular weight is 275 g/mol. The van der Waals surface area contributed by atoms with Crippen molar-refractivity contribution in [3.8, 4) is 0 Å². The highest BCUT2D eigenvalue weighted by molar-refractivity contribution is 5.81. The van der Waals surface area contributed by atoms with Crippen LogP contribution in [0.25, 0.3) is 0 Å². The second kappa shape index (κ2) is 6.89. The van der Waals surface area contributed by atoms with Crippen molar-refractivity contribution >= 4 is 5.91 Å². The maximum absolute atomic E-state index is 12.5. The molecule has 0 heterocycles. The summed E-state index contributed by atoms with van der Waals surface area (Å²) in [5, 5.41) is 0. The van der Waals surface area contributed by atoms with E-state index in [1.165, 1.54) is 0 Å². The monoisotopic (exact) mass is 275 g/mol. The minimum Gasteiger partial charge on any atom is -0.364 e. The first kappa shape index (κ1) is 15.0. The van der Waals surface area contributed by atoms with E-state index in [1.54, 1.807) is 0 Å². The van der Waals surface area contributed by atoms with Gasteiger partial charge in [-0.2, -0.15) is 0 Å². The normalized spacial score (nSPS) is 16.2. The van der Waals surface area contributed by atoms with Gasteiger partial charge in [0.25, 0.3) is 5.91 Å². The van der Waals surface area contributed by atoms with Gasteiger partial charge in [0.05, 0.1) is 6.61 Å². The molecule has 1 aliphatic rings. The van der Waals surface area contributed by atoms with E-state index in [4.69, 9.17) is 4.74 Å². The van der Waals surface area contributed by atoms with Crippen LogP contribution in [-0.4, -0.2) is 29.5 Å². The first-order chi connectivity index (χ1) is 9.58. The molecule has 1 aliphatic carbocycles. The number of rotatable bonds is 7. The Hall–Kier alpha value is -1.35. The number of carbonyl (C=O) groups excluding carboxylic acids is 1. The van der Waals surface area contributed by atoms with Crippen LogP contribution in [0.1, 0.15) is 39.2 Å². The van der Waals surface area contributed by atoms with Crippen molar-refractivity contribution in [1.82, 2.24) is 4.90 Å². The van der Waals surface area contributed by atoms with E-state index in [9.17, 15) is 4.79 Å². The summed E-state index contributed by atoms with van der Waals surface area (Å²) in [6, 6.07) is 10.4. The van der Waals surface area contributed by atoms with Gasteiger partial charge >= 0.3 is 0 Å². The van der Waals surface area contributed by atoms with Crippen LogP contribution in [0.2, 0.25) is 0 Å². The number of carbonyl (C=O) groups is 1. The molecule has 1 unspecified atom stereocenters. The lowest BCUT2D eigenvalue weighted by Crippen LogP contribution is -2.42. The third kappa shape index (κ3) is 4.34. The summed E-state index contributed by atoms with van der Waals surface area (Å²) in [6.45, 7) is 7.49. The summed E-state index contributed by atoms with van der Waals surface area (Å²) >= 11 is 0. The lowest BCUT2D eigenvalue weighted by molar-refractivity contribution is -0.144. The Morgan fingerprint density at radius 3 is 2.45 bits per heavy atom. The van der Waals surface area contributed by atoms with Gasteiger partial charge in [-0.05, 0) is 31.2 Å². The van der Waals surface area contributed by atoms with Crippen molar-refractivity contribution in [3.63, 3.8) is 0 Å². The molecule has 2 rings (SSSR count). The van der Waals surface area contributed by atoms with Crippen LogP contribution in [0.15, 0.2) is 30.3 Å². The fourth-order valence-corrected chi connectivity index (χ4v) is 2.30. The number of nitrogens with zero attached hydrogens (tertiary/aromatic N) is 1. The van der Waals surface area contributed by atoms with Crippen molar-refractivity contribution < 1.29 is 9.53 Å². The molecule has 1 saturated carbocycles. The largest absolute Gasteiger partial charge is 0.364 e. The van der Waals surface area contributed by atoms with E-state index in [-0.39, 0.29) is 12.0 Å². The summed E-state index contributed by atoms with van der Waals surface area (Å²) in [5.41, 5.74) is 1.11. The Morgan fingerprint density at radius 2 is 1.90 bits per heavy atom. The molecule has 1 aromatic carbocycles. The quantitative estimate of drug-likeness (QED) is 0.764. The predicted molar refractivity (Wildman–Crippen MR) is 80.3 cm³/mol. The molecule has 1 fully saturated rings. The molecule has 1 atom stereocenters. The average Bonchev–Trinajstić information content (AvgIpc) is 3.27. The van der Waals surface area contributed by atoms with Gasteiger partial charge in [0.2, 0.25) is 0 Å². The Labute approximate surface area is 121 Å². The van der Waals surface area contributed by atoms with Crippen molar-refractivity contribution in [2.45, 2.75) is 52.4 Å². The Balaban J connectivity index is 1.86. The zero-order valence-electron chi connectivity index (χ0n) is 12.7. The second-order valence-electron chi connectivity index (χ2n) is 6.05. The lowest BCUT2D eigenvalue weighted by atomic mass is 10.2. The Bertz CT molecular complexity index is 426. The summed E-state index contributed by atoms with van der Waals surface area (Å²) in [5.74, 6) is 0.637. The van der Waals surface area contributed by atoms with E-state index in [0.717, 1.165) is 24.9 Å². The molecule has 0 saturated heterocycles. The summed E-state index contributed by atoms with van der Waals surface area (Å²) in [4.78, 5) is 14.5. The molecule has 0 spiro atoms. The van der Waals surface area contributed by atoms with Crippen LogP contribution in [0.5, 0.6) is 0 Å². The molecule has 0 N–H and O–H groups in total. The molecule has 0 aromatic heterocycles. The lowest BCUT2D eigenvalue weighted by Gasteiger charge is -2.27. The third-order valence-electron chi connectivity index (χ3n) is 3.52. The minimum absolute atomic E-state index is 0.136. The van der Waals surface area contributed by atoms with Gasteiger partial charge < -0.3 is 9.64 Å². The molecular formula is C17H25NO2. The van der Waals surface area contributed by atoms with E-state index < -0.39 is 0 Å². The molecule has 1 aromatic rings. The van der Waals surface area contributed by atoms with Crippen LogP contribution in [-0.2, 0) is 16.1 Å². The smallest absolute Gasteiger partial charge is 0.251 e. The molecular weight excluding hydrogens is 250 g/mol. The van der Waals surface area contributed by atoms with Crippen molar-refractivity contribution in [2.24, 2.45) is 5.92 Å². The van der Waals surface area contributed by atoms with Gasteiger partial charge in [-0.25, -0.2) is 0 Å². The number of amides is 1. The highest BCUT2D eigenvalue weighted by Gasteiger charge is 2.34. The zero-order valence-corrected chi connectivity index (χ0v) is 12.7. The minimum atomic E-state index is -0.366. The highest BCUT2D eigenvalue weighted by atomic mass is 16.5. The number of hydrogen-bond acceptors (Lipinski definition) is 2. The molecule has 3 heteroatoms. The van der Waals surface area contributed by atoms with Gasteiger partial charge in [-0.3, -0.25) is 4.79 Å². The summed E-state index contributed by atoms with van der Waals surface area (Å²) < 4.78 is 5.74. The van der Waals surface area contributed by atoms with Gasteiger partial charge in [-0.1, -0.05) is 44.2 Å². The van der Waals surface area contributed by atoms with Crippen LogP contribution >= 0.6 is 0 Å². The molecule has 0 bridgehead atoms. The van der Waals surface area contributed by atoms with E-state index in [2.05, 4.69) is 13.8 Å². The number of hydrogen-bond donors (Lipinski definition) is 0. The topological polar surface area (TPSA) is 29.5 Å². The maximum atomic E-state index is 12.5. The SMILES string of the molecule is CC(C)CN(C(=O)C(C)OCc1ccccc1)C1CC1. The van der Waals surface area contributed by atoms with Crippen LogP contribution < -0.4 is 0 Å². The summed E-state index contributed by atoms with van der Waals surface area (Å²) in [6.07, 6.45) is 1.92. The fourth-order valence-electron chi connectivity index (χ4n) is 2.30. The molecule has 1 amide bonds. The fraction of sp³-hybridized carbons (Fsp3) is 0.588. The van der Waals surface area contributed by atoms with E-state index in [1.807, 2.05) is 42.2 Å². The second-order valence-corrected chi connectivity index (χ2v) is 6.05. The zero-order chi connectivity index (χ0) is 14.5. The predicted octanol–water partition coefficient (Wildman–Crippen LogP) is 3.24. The molecule has 20 heavy (non-hydrogen) atoms.